The average Bonchev–Trinajstić information content (AvgIpc) is 3.56. The third-order valence-electron chi connectivity index (χ3n) is 10.3. The average molecular weight is 663 g/mol. The fourth-order valence-electron chi connectivity index (χ4n) is 8.06. The zero-order valence-corrected chi connectivity index (χ0v) is 28.5. The van der Waals surface area contributed by atoms with Crippen LogP contribution in [0.1, 0.15) is 0 Å². The maximum Gasteiger partial charge on any atom is 0.0702 e. The number of para-hydroxylation sites is 3. The molecule has 1 heterocycles. The van der Waals surface area contributed by atoms with Crippen LogP contribution in [0.3, 0.4) is 0 Å². The SMILES string of the molecule is c1ccc(-c2cccc(N(c3ccccc3-n3c4ccccc4c4c5c(-c6ccccc6)cccc5ccc43)c3cccc4ccccc34)c2)cc1. The van der Waals surface area contributed by atoms with Crippen molar-refractivity contribution in [3.8, 4) is 27.9 Å². The molecule has 0 aliphatic carbocycles. The van der Waals surface area contributed by atoms with Crippen molar-refractivity contribution in [3.05, 3.63) is 206 Å². The molecule has 0 spiro atoms. The van der Waals surface area contributed by atoms with Crippen molar-refractivity contribution in [2.75, 3.05) is 4.90 Å². The van der Waals surface area contributed by atoms with E-state index in [9.17, 15) is 0 Å². The van der Waals surface area contributed by atoms with E-state index in [1.54, 1.807) is 0 Å². The summed E-state index contributed by atoms with van der Waals surface area (Å²) in [5.74, 6) is 0. The van der Waals surface area contributed by atoms with Crippen molar-refractivity contribution in [3.63, 3.8) is 0 Å². The Morgan fingerprint density at radius 1 is 0.346 bits per heavy atom. The number of benzene rings is 9. The van der Waals surface area contributed by atoms with E-state index in [0.29, 0.717) is 0 Å². The number of hydrogen-bond acceptors (Lipinski definition) is 1. The van der Waals surface area contributed by atoms with Crippen LogP contribution in [0, 0.1) is 0 Å². The predicted octanol–water partition coefficient (Wildman–Crippen LogP) is 13.9. The maximum absolute atomic E-state index is 2.47. The number of fused-ring (bicyclic) bond motifs is 6. The predicted molar refractivity (Wildman–Crippen MR) is 221 cm³/mol. The minimum atomic E-state index is 1.10. The molecule has 2 heteroatoms. The standard InChI is InChI=1S/C50H34N2/c1-3-16-35(17-4-1)39-23-13-24-40(34-39)51(44-31-15-21-36-20-7-8-25-41(36)44)46-29-11-12-30-47(46)52-45-28-10-9-26-43(45)50-48(52)33-32-38-22-14-27-42(49(38)50)37-18-5-2-6-19-37/h1-34H. The highest BCUT2D eigenvalue weighted by molar-refractivity contribution is 6.25. The molecular weight excluding hydrogens is 629 g/mol. The second-order valence-corrected chi connectivity index (χ2v) is 13.3. The molecule has 52 heavy (non-hydrogen) atoms. The Morgan fingerprint density at radius 3 is 1.83 bits per heavy atom. The molecule has 0 saturated carbocycles. The van der Waals surface area contributed by atoms with Gasteiger partial charge in [-0.1, -0.05) is 164 Å². The van der Waals surface area contributed by atoms with Crippen LogP contribution in [0.15, 0.2) is 206 Å². The molecule has 0 saturated heterocycles. The van der Waals surface area contributed by atoms with Crippen LogP contribution in [0.25, 0.3) is 71.3 Å². The Morgan fingerprint density at radius 2 is 0.962 bits per heavy atom. The van der Waals surface area contributed by atoms with Gasteiger partial charge in [0.1, 0.15) is 0 Å². The molecule has 1 aromatic heterocycles. The first kappa shape index (κ1) is 30.0. The Labute approximate surface area is 303 Å². The lowest BCUT2D eigenvalue weighted by Crippen LogP contribution is -2.13. The molecule has 0 amide bonds. The van der Waals surface area contributed by atoms with Crippen LogP contribution < -0.4 is 4.90 Å². The van der Waals surface area contributed by atoms with E-state index in [1.165, 1.54) is 65.6 Å². The molecule has 0 bridgehead atoms. The molecule has 0 N–H and O–H groups in total. The third kappa shape index (κ3) is 4.88. The first-order valence-electron chi connectivity index (χ1n) is 17.9. The highest BCUT2D eigenvalue weighted by Crippen LogP contribution is 2.46. The molecule has 9 aromatic carbocycles. The minimum absolute atomic E-state index is 1.10. The zero-order valence-electron chi connectivity index (χ0n) is 28.5. The molecule has 0 radical (unpaired) electrons. The first-order chi connectivity index (χ1) is 25.8. The number of rotatable bonds is 6. The van der Waals surface area contributed by atoms with E-state index in [0.717, 1.165) is 22.7 Å². The van der Waals surface area contributed by atoms with Gasteiger partial charge in [-0.15, -0.1) is 0 Å². The first-order valence-corrected chi connectivity index (χ1v) is 17.9. The highest BCUT2D eigenvalue weighted by atomic mass is 15.2. The molecule has 0 unspecified atom stereocenters. The Balaban J connectivity index is 1.29. The van der Waals surface area contributed by atoms with Crippen LogP contribution in [0.2, 0.25) is 0 Å². The normalized spacial score (nSPS) is 11.5. The van der Waals surface area contributed by atoms with Gasteiger partial charge < -0.3 is 9.47 Å². The van der Waals surface area contributed by atoms with Crippen LogP contribution in [0.4, 0.5) is 17.1 Å². The van der Waals surface area contributed by atoms with Gasteiger partial charge in [0.25, 0.3) is 0 Å². The highest BCUT2D eigenvalue weighted by Gasteiger charge is 2.23. The monoisotopic (exact) mass is 662 g/mol. The number of anilines is 3. The van der Waals surface area contributed by atoms with Gasteiger partial charge in [0.15, 0.2) is 0 Å². The summed E-state index contributed by atoms with van der Waals surface area (Å²) in [6, 6.07) is 74.7. The summed E-state index contributed by atoms with van der Waals surface area (Å²) in [4.78, 5) is 2.45. The van der Waals surface area contributed by atoms with Crippen molar-refractivity contribution < 1.29 is 0 Å². The van der Waals surface area contributed by atoms with Crippen LogP contribution in [0.5, 0.6) is 0 Å². The van der Waals surface area contributed by atoms with Gasteiger partial charge in [-0.25, -0.2) is 0 Å². The van der Waals surface area contributed by atoms with Gasteiger partial charge >= 0.3 is 0 Å². The van der Waals surface area contributed by atoms with Gasteiger partial charge in [0.2, 0.25) is 0 Å². The summed E-state index contributed by atoms with van der Waals surface area (Å²) in [6.07, 6.45) is 0. The summed E-state index contributed by atoms with van der Waals surface area (Å²) in [6.45, 7) is 0. The van der Waals surface area contributed by atoms with E-state index < -0.39 is 0 Å². The number of aromatic nitrogens is 1. The second-order valence-electron chi connectivity index (χ2n) is 13.3. The lowest BCUT2D eigenvalue weighted by atomic mass is 9.94. The molecule has 10 rings (SSSR count). The fourth-order valence-corrected chi connectivity index (χ4v) is 8.06. The maximum atomic E-state index is 2.47. The Hall–Kier alpha value is -6.90. The molecule has 0 aliphatic heterocycles. The molecule has 0 aliphatic rings. The van der Waals surface area contributed by atoms with E-state index in [4.69, 9.17) is 0 Å². The summed E-state index contributed by atoms with van der Waals surface area (Å²) in [5, 5.41) is 7.43. The van der Waals surface area contributed by atoms with Gasteiger partial charge in [0.05, 0.1) is 28.1 Å². The third-order valence-corrected chi connectivity index (χ3v) is 10.3. The molecule has 244 valence electrons. The lowest BCUT2D eigenvalue weighted by molar-refractivity contribution is 1.15. The summed E-state index contributed by atoms with van der Waals surface area (Å²) >= 11 is 0. The lowest BCUT2D eigenvalue weighted by Gasteiger charge is -2.30. The van der Waals surface area contributed by atoms with Crippen molar-refractivity contribution >= 4 is 60.4 Å². The van der Waals surface area contributed by atoms with E-state index in [1.807, 2.05) is 0 Å². The van der Waals surface area contributed by atoms with E-state index >= 15 is 0 Å². The van der Waals surface area contributed by atoms with Crippen LogP contribution in [-0.2, 0) is 0 Å². The van der Waals surface area contributed by atoms with Crippen molar-refractivity contribution in [1.82, 2.24) is 4.57 Å². The number of hydrogen-bond donors (Lipinski definition) is 0. The van der Waals surface area contributed by atoms with Crippen molar-refractivity contribution in [2.24, 2.45) is 0 Å². The molecule has 2 nitrogen and oxygen atoms in total. The zero-order chi connectivity index (χ0) is 34.4. The van der Waals surface area contributed by atoms with Crippen LogP contribution in [-0.4, -0.2) is 4.57 Å². The van der Waals surface area contributed by atoms with Gasteiger partial charge in [-0.3, -0.25) is 0 Å². The quantitative estimate of drug-likeness (QED) is 0.172. The van der Waals surface area contributed by atoms with E-state index in [2.05, 4.69) is 216 Å². The Kier molecular flexibility index (Phi) is 7.18. The van der Waals surface area contributed by atoms with E-state index in [-0.39, 0.29) is 0 Å². The van der Waals surface area contributed by atoms with Gasteiger partial charge in [-0.05, 0) is 80.9 Å². The summed E-state index contributed by atoms with van der Waals surface area (Å²) in [7, 11) is 0. The van der Waals surface area contributed by atoms with Crippen LogP contribution >= 0.6 is 0 Å². The molecule has 10 aromatic rings. The summed E-state index contributed by atoms with van der Waals surface area (Å²) in [5.41, 5.74) is 11.6. The van der Waals surface area contributed by atoms with Gasteiger partial charge in [-0.2, -0.15) is 0 Å². The smallest absolute Gasteiger partial charge is 0.0702 e. The molecule has 0 atom stereocenters. The van der Waals surface area contributed by atoms with Gasteiger partial charge in [0, 0.05) is 21.8 Å². The second kappa shape index (κ2) is 12.5. The fraction of sp³-hybridized carbons (Fsp3) is 0. The number of nitrogens with zero attached hydrogens (tertiary/aromatic N) is 2. The van der Waals surface area contributed by atoms with Crippen molar-refractivity contribution in [2.45, 2.75) is 0 Å². The minimum Gasteiger partial charge on any atom is -0.308 e. The Bertz CT molecular complexity index is 2900. The molecular formula is C50H34N2. The summed E-state index contributed by atoms with van der Waals surface area (Å²) < 4.78 is 2.47. The molecule has 0 fully saturated rings. The van der Waals surface area contributed by atoms with Crippen molar-refractivity contribution in [1.29, 1.82) is 0 Å². The largest absolute Gasteiger partial charge is 0.308 e. The topological polar surface area (TPSA) is 8.17 Å².